The minimum absolute atomic E-state index is 0.0364. The van der Waals surface area contributed by atoms with Crippen molar-refractivity contribution in [3.05, 3.63) is 0 Å². The van der Waals surface area contributed by atoms with Crippen LogP contribution in [-0.2, 0) is 0 Å². The van der Waals surface area contributed by atoms with E-state index in [0.717, 1.165) is 19.3 Å². The molecule has 1 fully saturated rings. The number of nitrogens with zero attached hydrogens (tertiary/aromatic N) is 1. The van der Waals surface area contributed by atoms with Gasteiger partial charge in [-0.15, -0.1) is 0 Å². The highest BCUT2D eigenvalue weighted by molar-refractivity contribution is 4.83. The number of aliphatic hydroxyl groups is 2. The Morgan fingerprint density at radius 3 is 2.31 bits per heavy atom. The van der Waals surface area contributed by atoms with Crippen LogP contribution in [0.2, 0.25) is 0 Å². The molecule has 1 atom stereocenters. The Bertz CT molecular complexity index is 207. The Kier molecular flexibility index (Phi) is 5.01. The summed E-state index contributed by atoms with van der Waals surface area (Å²) in [6, 6.07) is 0.142. The van der Waals surface area contributed by atoms with E-state index in [9.17, 15) is 13.2 Å². The zero-order valence-electron chi connectivity index (χ0n) is 9.08. The van der Waals surface area contributed by atoms with Crippen LogP contribution in [0.4, 0.5) is 13.2 Å². The molecule has 3 nitrogen and oxygen atoms in total. The van der Waals surface area contributed by atoms with Crippen molar-refractivity contribution in [2.75, 3.05) is 19.7 Å². The van der Waals surface area contributed by atoms with E-state index >= 15 is 0 Å². The number of rotatable bonds is 6. The predicted octanol–water partition coefficient (Wildman–Crippen LogP) is 1.15. The smallest absolute Gasteiger partial charge is 0.396 e. The summed E-state index contributed by atoms with van der Waals surface area (Å²) >= 11 is 0. The first-order valence-electron chi connectivity index (χ1n) is 5.55. The summed E-state index contributed by atoms with van der Waals surface area (Å²) in [6.45, 7) is -0.00614. The third kappa shape index (κ3) is 3.92. The number of alkyl halides is 3. The SMILES string of the molecule is OCCCN(CC(O)C(F)(F)F)C1CCC1. The van der Waals surface area contributed by atoms with Crippen molar-refractivity contribution in [3.63, 3.8) is 0 Å². The average molecular weight is 241 g/mol. The van der Waals surface area contributed by atoms with Crippen molar-refractivity contribution < 1.29 is 23.4 Å². The van der Waals surface area contributed by atoms with Crippen LogP contribution in [-0.4, -0.2) is 53.1 Å². The predicted molar refractivity (Wildman–Crippen MR) is 53.0 cm³/mol. The van der Waals surface area contributed by atoms with E-state index in [1.54, 1.807) is 4.90 Å². The van der Waals surface area contributed by atoms with Crippen molar-refractivity contribution in [2.24, 2.45) is 0 Å². The third-order valence-electron chi connectivity index (χ3n) is 2.98. The lowest BCUT2D eigenvalue weighted by Gasteiger charge is -2.38. The Hall–Kier alpha value is -0.330. The molecular weight excluding hydrogens is 223 g/mol. The monoisotopic (exact) mass is 241 g/mol. The summed E-state index contributed by atoms with van der Waals surface area (Å²) in [6.07, 6.45) is -3.59. The molecule has 0 amide bonds. The fourth-order valence-corrected chi connectivity index (χ4v) is 1.77. The lowest BCUT2D eigenvalue weighted by Crippen LogP contribution is -2.48. The van der Waals surface area contributed by atoms with Gasteiger partial charge in [-0.2, -0.15) is 13.2 Å². The molecule has 6 heteroatoms. The maximum atomic E-state index is 12.2. The molecule has 0 aromatic heterocycles. The highest BCUT2D eigenvalue weighted by Crippen LogP contribution is 2.27. The molecule has 0 heterocycles. The van der Waals surface area contributed by atoms with E-state index in [2.05, 4.69) is 0 Å². The molecular formula is C10H18F3NO2. The van der Waals surface area contributed by atoms with Crippen molar-refractivity contribution in [2.45, 2.75) is 44.0 Å². The van der Waals surface area contributed by atoms with Crippen molar-refractivity contribution >= 4 is 0 Å². The largest absolute Gasteiger partial charge is 0.415 e. The van der Waals surface area contributed by atoms with E-state index in [-0.39, 0.29) is 19.2 Å². The van der Waals surface area contributed by atoms with Crippen LogP contribution in [0.5, 0.6) is 0 Å². The van der Waals surface area contributed by atoms with Crippen LogP contribution in [0.3, 0.4) is 0 Å². The maximum absolute atomic E-state index is 12.2. The first kappa shape index (κ1) is 13.7. The van der Waals surface area contributed by atoms with Crippen LogP contribution in [0.15, 0.2) is 0 Å². The van der Waals surface area contributed by atoms with Gasteiger partial charge in [0.05, 0.1) is 0 Å². The number of aliphatic hydroxyl groups excluding tert-OH is 2. The highest BCUT2D eigenvalue weighted by atomic mass is 19.4. The molecule has 0 saturated heterocycles. The number of hydrogen-bond donors (Lipinski definition) is 2. The van der Waals surface area contributed by atoms with E-state index in [1.165, 1.54) is 0 Å². The van der Waals surface area contributed by atoms with Gasteiger partial charge < -0.3 is 10.2 Å². The van der Waals surface area contributed by atoms with E-state index in [1.807, 2.05) is 0 Å². The van der Waals surface area contributed by atoms with Crippen LogP contribution in [0, 0.1) is 0 Å². The third-order valence-corrected chi connectivity index (χ3v) is 2.98. The van der Waals surface area contributed by atoms with Gasteiger partial charge in [0, 0.05) is 25.7 Å². The lowest BCUT2D eigenvalue weighted by atomic mass is 9.91. The van der Waals surface area contributed by atoms with Crippen molar-refractivity contribution in [1.82, 2.24) is 4.90 Å². The summed E-state index contributed by atoms with van der Waals surface area (Å²) in [7, 11) is 0. The molecule has 0 aromatic carbocycles. The van der Waals surface area contributed by atoms with Crippen LogP contribution in [0.25, 0.3) is 0 Å². The van der Waals surface area contributed by atoms with Gasteiger partial charge in [-0.05, 0) is 19.3 Å². The van der Waals surface area contributed by atoms with Gasteiger partial charge in [-0.25, -0.2) is 0 Å². The standard InChI is InChI=1S/C10H18F3NO2/c11-10(12,13)9(16)7-14(5-2-6-15)8-3-1-4-8/h8-9,15-16H,1-7H2. The maximum Gasteiger partial charge on any atom is 0.415 e. The quantitative estimate of drug-likeness (QED) is 0.733. The van der Waals surface area contributed by atoms with E-state index in [4.69, 9.17) is 10.2 Å². The van der Waals surface area contributed by atoms with Crippen LogP contribution >= 0.6 is 0 Å². The van der Waals surface area contributed by atoms with Gasteiger partial charge in [0.2, 0.25) is 0 Å². The molecule has 1 saturated carbocycles. The number of halogens is 3. The molecule has 1 rings (SSSR count). The van der Waals surface area contributed by atoms with Gasteiger partial charge in [0.15, 0.2) is 6.10 Å². The molecule has 0 aliphatic heterocycles. The summed E-state index contributed by atoms with van der Waals surface area (Å²) in [4.78, 5) is 1.64. The summed E-state index contributed by atoms with van der Waals surface area (Å²) in [5.74, 6) is 0. The fraction of sp³-hybridized carbons (Fsp3) is 1.00. The first-order chi connectivity index (χ1) is 7.45. The normalized spacial score (nSPS) is 19.9. The summed E-state index contributed by atoms with van der Waals surface area (Å²) in [5, 5.41) is 17.7. The fourth-order valence-electron chi connectivity index (χ4n) is 1.77. The topological polar surface area (TPSA) is 43.7 Å². The second-order valence-corrected chi connectivity index (χ2v) is 4.21. The molecule has 2 N–H and O–H groups in total. The lowest BCUT2D eigenvalue weighted by molar-refractivity contribution is -0.210. The van der Waals surface area contributed by atoms with Gasteiger partial charge in [0.1, 0.15) is 0 Å². The Balaban J connectivity index is 2.42. The van der Waals surface area contributed by atoms with Crippen LogP contribution < -0.4 is 0 Å². The number of hydrogen-bond acceptors (Lipinski definition) is 3. The van der Waals surface area contributed by atoms with Gasteiger partial charge >= 0.3 is 6.18 Å². The molecule has 1 unspecified atom stereocenters. The van der Waals surface area contributed by atoms with E-state index in [0.29, 0.717) is 13.0 Å². The molecule has 0 aromatic rings. The minimum Gasteiger partial charge on any atom is -0.396 e. The summed E-state index contributed by atoms with van der Waals surface area (Å²) < 4.78 is 36.6. The van der Waals surface area contributed by atoms with Gasteiger partial charge in [-0.3, -0.25) is 4.90 Å². The van der Waals surface area contributed by atoms with E-state index < -0.39 is 12.3 Å². The highest BCUT2D eigenvalue weighted by Gasteiger charge is 2.40. The summed E-state index contributed by atoms with van der Waals surface area (Å²) in [5.41, 5.74) is 0. The second-order valence-electron chi connectivity index (χ2n) is 4.21. The zero-order valence-corrected chi connectivity index (χ0v) is 9.08. The van der Waals surface area contributed by atoms with Crippen LogP contribution in [0.1, 0.15) is 25.7 Å². The molecule has 0 radical (unpaired) electrons. The van der Waals surface area contributed by atoms with Gasteiger partial charge in [0.25, 0.3) is 0 Å². The first-order valence-corrected chi connectivity index (χ1v) is 5.55. The Labute approximate surface area is 92.9 Å². The zero-order chi connectivity index (χ0) is 12.2. The van der Waals surface area contributed by atoms with Crippen molar-refractivity contribution in [1.29, 1.82) is 0 Å². The minimum atomic E-state index is -4.55. The van der Waals surface area contributed by atoms with Gasteiger partial charge in [-0.1, -0.05) is 6.42 Å². The molecule has 1 aliphatic carbocycles. The molecule has 96 valence electrons. The molecule has 16 heavy (non-hydrogen) atoms. The second kappa shape index (κ2) is 5.84. The van der Waals surface area contributed by atoms with Crippen molar-refractivity contribution in [3.8, 4) is 0 Å². The molecule has 1 aliphatic rings. The Morgan fingerprint density at radius 2 is 1.94 bits per heavy atom. The molecule has 0 spiro atoms. The average Bonchev–Trinajstić information content (AvgIpc) is 2.09. The molecule has 0 bridgehead atoms. The Morgan fingerprint density at radius 1 is 1.31 bits per heavy atom.